The van der Waals surface area contributed by atoms with Crippen molar-refractivity contribution in [1.29, 1.82) is 0 Å². The van der Waals surface area contributed by atoms with Crippen molar-refractivity contribution in [3.63, 3.8) is 0 Å². The van der Waals surface area contributed by atoms with E-state index in [4.69, 9.17) is 16.3 Å². The number of ether oxygens (including phenoxy) is 1. The number of rotatable bonds is 3. The van der Waals surface area contributed by atoms with Crippen molar-refractivity contribution >= 4 is 28.5 Å². The summed E-state index contributed by atoms with van der Waals surface area (Å²) in [5.41, 5.74) is 1.97. The van der Waals surface area contributed by atoms with Crippen molar-refractivity contribution in [2.24, 2.45) is 14.1 Å². The molecule has 8 nitrogen and oxygen atoms in total. The van der Waals surface area contributed by atoms with Gasteiger partial charge in [-0.1, -0.05) is 11.6 Å². The zero-order valence-electron chi connectivity index (χ0n) is 17.5. The summed E-state index contributed by atoms with van der Waals surface area (Å²) in [6, 6.07) is 6.22. The first-order chi connectivity index (χ1) is 15.4. The summed E-state index contributed by atoms with van der Waals surface area (Å²) in [6.07, 6.45) is 4.91. The molecule has 164 valence electrons. The molecule has 4 aromatic rings. The van der Waals surface area contributed by atoms with Gasteiger partial charge in [-0.15, -0.1) is 0 Å². The first-order valence-electron chi connectivity index (χ1n) is 10.1. The van der Waals surface area contributed by atoms with Gasteiger partial charge in [0.1, 0.15) is 23.3 Å². The summed E-state index contributed by atoms with van der Waals surface area (Å²) in [4.78, 5) is 23.9. The summed E-state index contributed by atoms with van der Waals surface area (Å²) in [5.74, 6) is 0.0674. The molecular formula is C22H20ClFN6O2. The number of hydrogen-bond acceptors (Lipinski definition) is 6. The lowest BCUT2D eigenvalue weighted by atomic mass is 10.0. The van der Waals surface area contributed by atoms with Gasteiger partial charge >= 0.3 is 0 Å². The van der Waals surface area contributed by atoms with E-state index in [1.165, 1.54) is 17.0 Å². The molecular weight excluding hydrogens is 435 g/mol. The molecule has 32 heavy (non-hydrogen) atoms. The fourth-order valence-electron chi connectivity index (χ4n) is 3.91. The smallest absolute Gasteiger partial charge is 0.279 e. The van der Waals surface area contributed by atoms with Crippen molar-refractivity contribution in [3.8, 4) is 11.1 Å². The Morgan fingerprint density at radius 2 is 2.03 bits per heavy atom. The minimum atomic E-state index is -0.492. The summed E-state index contributed by atoms with van der Waals surface area (Å²) < 4.78 is 23.9. The zero-order chi connectivity index (χ0) is 22.4. The molecule has 0 spiro atoms. The molecule has 10 heteroatoms. The van der Waals surface area contributed by atoms with E-state index >= 15 is 0 Å². The maximum absolute atomic E-state index is 14.8. The highest BCUT2D eigenvalue weighted by molar-refractivity contribution is 6.30. The van der Waals surface area contributed by atoms with E-state index in [0.29, 0.717) is 47.2 Å². The second-order valence-corrected chi connectivity index (χ2v) is 8.20. The number of nitrogens with zero attached hydrogens (tertiary/aromatic N) is 6. The lowest BCUT2D eigenvalue weighted by Crippen LogP contribution is -2.39. The van der Waals surface area contributed by atoms with E-state index in [1.54, 1.807) is 36.1 Å². The quantitative estimate of drug-likeness (QED) is 0.473. The van der Waals surface area contributed by atoms with Crippen molar-refractivity contribution < 1.29 is 9.13 Å². The molecule has 0 bridgehead atoms. The first-order valence-corrected chi connectivity index (χ1v) is 10.5. The van der Waals surface area contributed by atoms with E-state index in [0.717, 1.165) is 5.56 Å². The van der Waals surface area contributed by atoms with Crippen LogP contribution in [0.15, 0.2) is 47.8 Å². The zero-order valence-corrected chi connectivity index (χ0v) is 18.3. The average molecular weight is 455 g/mol. The molecule has 4 heterocycles. The maximum atomic E-state index is 14.8. The molecule has 1 saturated heterocycles. The van der Waals surface area contributed by atoms with Crippen LogP contribution in [0.5, 0.6) is 0 Å². The molecule has 1 aliphatic rings. The third-order valence-electron chi connectivity index (χ3n) is 5.57. The van der Waals surface area contributed by atoms with Gasteiger partial charge in [-0.05, 0) is 24.3 Å². The van der Waals surface area contributed by atoms with Gasteiger partial charge in [-0.2, -0.15) is 5.10 Å². The topological polar surface area (TPSA) is 78.1 Å². The maximum Gasteiger partial charge on any atom is 0.279 e. The summed E-state index contributed by atoms with van der Waals surface area (Å²) in [5, 5.41) is 4.51. The second kappa shape index (κ2) is 7.99. The average Bonchev–Trinajstić information content (AvgIpc) is 3.22. The minimum Gasteiger partial charge on any atom is -0.370 e. The van der Waals surface area contributed by atoms with Crippen LogP contribution < -0.4 is 10.5 Å². The van der Waals surface area contributed by atoms with Gasteiger partial charge in [0.25, 0.3) is 5.56 Å². The van der Waals surface area contributed by atoms with Crippen LogP contribution in [-0.2, 0) is 18.8 Å². The monoisotopic (exact) mass is 454 g/mol. The number of anilines is 1. The normalized spacial score (nSPS) is 16.6. The number of aromatic nitrogens is 5. The molecule has 0 saturated carbocycles. The van der Waals surface area contributed by atoms with Gasteiger partial charge in [-0.3, -0.25) is 9.48 Å². The summed E-state index contributed by atoms with van der Waals surface area (Å²) in [7, 11) is 3.46. The Balaban J connectivity index is 1.65. The highest BCUT2D eigenvalue weighted by Gasteiger charge is 2.26. The van der Waals surface area contributed by atoms with Crippen LogP contribution in [0.2, 0.25) is 5.02 Å². The van der Waals surface area contributed by atoms with Crippen LogP contribution in [-0.4, -0.2) is 44.0 Å². The van der Waals surface area contributed by atoms with Crippen molar-refractivity contribution in [2.45, 2.75) is 6.10 Å². The van der Waals surface area contributed by atoms with Crippen molar-refractivity contribution in [1.82, 2.24) is 24.3 Å². The summed E-state index contributed by atoms with van der Waals surface area (Å²) >= 11 is 5.95. The lowest BCUT2D eigenvalue weighted by molar-refractivity contribution is 0.0395. The Morgan fingerprint density at radius 1 is 1.19 bits per heavy atom. The standard InChI is InChI=1S/C22H20ClFN6O2/c1-28-12-25-20-16(15-4-3-14(23)7-17(15)24)8-19(27-21(20)22(28)31)30-5-6-32-18(11-30)13-9-26-29(2)10-13/h3-4,7-10,12,18H,5-6,11H2,1-2H3. The second-order valence-electron chi connectivity index (χ2n) is 7.76. The number of hydrogen-bond donors (Lipinski definition) is 0. The Bertz CT molecular complexity index is 1380. The number of fused-ring (bicyclic) bond motifs is 1. The van der Waals surface area contributed by atoms with Gasteiger partial charge < -0.3 is 14.2 Å². The molecule has 1 fully saturated rings. The first kappa shape index (κ1) is 20.6. The summed E-state index contributed by atoms with van der Waals surface area (Å²) in [6.45, 7) is 1.58. The molecule has 1 atom stereocenters. The van der Waals surface area contributed by atoms with Crippen LogP contribution in [0.25, 0.3) is 22.2 Å². The molecule has 1 aromatic carbocycles. The van der Waals surface area contributed by atoms with Crippen LogP contribution in [0.3, 0.4) is 0 Å². The third kappa shape index (κ3) is 3.63. The van der Waals surface area contributed by atoms with E-state index in [-0.39, 0.29) is 17.2 Å². The Labute approximate surface area is 187 Å². The van der Waals surface area contributed by atoms with Gasteiger partial charge in [0.05, 0.1) is 19.1 Å². The lowest BCUT2D eigenvalue weighted by Gasteiger charge is -2.33. The highest BCUT2D eigenvalue weighted by atomic mass is 35.5. The van der Waals surface area contributed by atoms with E-state index < -0.39 is 5.82 Å². The molecule has 0 aliphatic carbocycles. The third-order valence-corrected chi connectivity index (χ3v) is 5.81. The Hall–Kier alpha value is -3.30. The Kier molecular flexibility index (Phi) is 5.15. The Morgan fingerprint density at radius 3 is 2.78 bits per heavy atom. The molecule has 5 rings (SSSR count). The van der Waals surface area contributed by atoms with Gasteiger partial charge in [0.15, 0.2) is 5.52 Å². The minimum absolute atomic E-state index is 0.182. The van der Waals surface area contributed by atoms with Crippen LogP contribution in [0.1, 0.15) is 11.7 Å². The van der Waals surface area contributed by atoms with Gasteiger partial charge in [-0.25, -0.2) is 14.4 Å². The fraction of sp³-hybridized carbons (Fsp3) is 0.273. The number of pyridine rings is 1. The predicted molar refractivity (Wildman–Crippen MR) is 119 cm³/mol. The number of aryl methyl sites for hydroxylation is 2. The van der Waals surface area contributed by atoms with Crippen molar-refractivity contribution in [2.75, 3.05) is 24.6 Å². The molecule has 0 amide bonds. The van der Waals surface area contributed by atoms with Crippen LogP contribution >= 0.6 is 11.6 Å². The molecule has 0 radical (unpaired) electrons. The highest BCUT2D eigenvalue weighted by Crippen LogP contribution is 2.33. The number of halogens is 2. The van der Waals surface area contributed by atoms with Gasteiger partial charge in [0.2, 0.25) is 0 Å². The molecule has 1 unspecified atom stereocenters. The van der Waals surface area contributed by atoms with Crippen molar-refractivity contribution in [3.05, 3.63) is 69.7 Å². The van der Waals surface area contributed by atoms with Gasteiger partial charge in [0, 0.05) is 55.1 Å². The van der Waals surface area contributed by atoms with E-state index in [9.17, 15) is 9.18 Å². The number of morpholine rings is 1. The fourth-order valence-corrected chi connectivity index (χ4v) is 4.07. The molecule has 1 aliphatic heterocycles. The van der Waals surface area contributed by atoms with Crippen LogP contribution in [0, 0.1) is 5.82 Å². The van der Waals surface area contributed by atoms with E-state index in [1.807, 2.05) is 18.1 Å². The predicted octanol–water partition coefficient (Wildman–Crippen LogP) is 3.10. The molecule has 3 aromatic heterocycles. The largest absolute Gasteiger partial charge is 0.370 e. The van der Waals surface area contributed by atoms with Crippen LogP contribution in [0.4, 0.5) is 10.2 Å². The van der Waals surface area contributed by atoms with E-state index in [2.05, 4.69) is 15.1 Å². The molecule has 0 N–H and O–H groups in total. The number of benzene rings is 1. The SMILES string of the molecule is Cn1cc(C2CN(c3cc(-c4ccc(Cl)cc4F)c4ncn(C)c(=O)c4n3)CCO2)cn1.